The van der Waals surface area contributed by atoms with Crippen LogP contribution in [0.1, 0.15) is 34.0 Å². The fourth-order valence-electron chi connectivity index (χ4n) is 3.65. The van der Waals surface area contributed by atoms with Crippen LogP contribution in [0.2, 0.25) is 0 Å². The lowest BCUT2D eigenvalue weighted by atomic mass is 10.00. The highest BCUT2D eigenvalue weighted by Crippen LogP contribution is 2.25. The number of aryl methyl sites for hydroxylation is 1. The molecule has 0 aliphatic carbocycles. The Hall–Kier alpha value is -3.49. The van der Waals surface area contributed by atoms with Crippen molar-refractivity contribution >= 4 is 5.91 Å². The van der Waals surface area contributed by atoms with Crippen LogP contribution in [0.4, 0.5) is 8.78 Å². The number of phenolic OH excluding ortho intramolecular Hbond substituents is 2. The van der Waals surface area contributed by atoms with Gasteiger partial charge in [0.15, 0.2) is 11.5 Å². The Balaban J connectivity index is 1.72. The second kappa shape index (κ2) is 11.6. The first-order chi connectivity index (χ1) is 16.2. The molecule has 3 aromatic rings. The number of hydrogen-bond acceptors (Lipinski definition) is 5. The van der Waals surface area contributed by atoms with Gasteiger partial charge < -0.3 is 26.0 Å². The number of nitrogens with one attached hydrogen (secondary N) is 2. The van der Waals surface area contributed by atoms with E-state index in [-0.39, 0.29) is 29.8 Å². The molecular weight excluding hydrogens is 442 g/mol. The molecule has 5 N–H and O–H groups in total. The van der Waals surface area contributed by atoms with Crippen LogP contribution >= 0.6 is 0 Å². The molecule has 0 fully saturated rings. The van der Waals surface area contributed by atoms with E-state index in [1.54, 1.807) is 0 Å². The van der Waals surface area contributed by atoms with Crippen LogP contribution in [-0.2, 0) is 19.4 Å². The smallest absolute Gasteiger partial charge is 0.251 e. The Morgan fingerprint density at radius 2 is 1.62 bits per heavy atom. The highest BCUT2D eigenvalue weighted by molar-refractivity contribution is 5.95. The van der Waals surface area contributed by atoms with Gasteiger partial charge in [-0.2, -0.15) is 0 Å². The highest BCUT2D eigenvalue weighted by atomic mass is 19.1. The van der Waals surface area contributed by atoms with Crippen molar-refractivity contribution in [3.8, 4) is 11.5 Å². The molecule has 0 heterocycles. The first kappa shape index (κ1) is 25.1. The number of carbonyl (C=O) groups excluding carboxylic acids is 1. The van der Waals surface area contributed by atoms with Gasteiger partial charge in [-0.1, -0.05) is 31.2 Å². The van der Waals surface area contributed by atoms with E-state index in [0.717, 1.165) is 36.2 Å². The zero-order chi connectivity index (χ0) is 24.7. The summed E-state index contributed by atoms with van der Waals surface area (Å²) in [6, 6.07) is 13.7. The van der Waals surface area contributed by atoms with Crippen LogP contribution in [0.3, 0.4) is 0 Å². The van der Waals surface area contributed by atoms with E-state index in [9.17, 15) is 28.9 Å². The molecule has 3 rings (SSSR count). The number of rotatable bonds is 10. The number of hydrogen-bond donors (Lipinski definition) is 5. The number of benzene rings is 3. The predicted octanol–water partition coefficient (Wildman–Crippen LogP) is 3.43. The molecule has 0 aromatic heterocycles. The summed E-state index contributed by atoms with van der Waals surface area (Å²) in [5.74, 6) is -2.97. The van der Waals surface area contributed by atoms with Gasteiger partial charge in [-0.15, -0.1) is 0 Å². The average molecular weight is 471 g/mol. The Kier molecular flexibility index (Phi) is 8.56. The standard InChI is InChI=1S/C26H28F2N2O4/c1-2-16-4-3-5-17(8-16)14-29-15-25(33)22(11-18-9-20(27)13-21(28)10-18)30-26(34)19-6-7-23(31)24(32)12-19/h3-10,12-13,22,25,29,31-33H,2,11,14-15H2,1H3,(H,30,34). The molecule has 1 amide bonds. The van der Waals surface area contributed by atoms with Gasteiger partial charge in [0, 0.05) is 24.7 Å². The van der Waals surface area contributed by atoms with Crippen molar-refractivity contribution in [3.63, 3.8) is 0 Å². The number of halogens is 2. The van der Waals surface area contributed by atoms with E-state index in [1.165, 1.54) is 17.7 Å². The molecule has 0 spiro atoms. The molecular formula is C26H28F2N2O4. The van der Waals surface area contributed by atoms with Crippen LogP contribution < -0.4 is 10.6 Å². The van der Waals surface area contributed by atoms with Gasteiger partial charge in [0.2, 0.25) is 0 Å². The number of aliphatic hydroxyl groups excluding tert-OH is 1. The minimum atomic E-state index is -1.09. The number of carbonyl (C=O) groups is 1. The van der Waals surface area contributed by atoms with Crippen molar-refractivity contribution < 1.29 is 28.9 Å². The van der Waals surface area contributed by atoms with Crippen LogP contribution in [0.5, 0.6) is 11.5 Å². The second-order valence-electron chi connectivity index (χ2n) is 8.14. The Morgan fingerprint density at radius 3 is 2.29 bits per heavy atom. The average Bonchev–Trinajstić information content (AvgIpc) is 2.79. The molecule has 0 aliphatic heterocycles. The summed E-state index contributed by atoms with van der Waals surface area (Å²) in [6.45, 7) is 2.67. The summed E-state index contributed by atoms with van der Waals surface area (Å²) in [7, 11) is 0. The molecule has 0 aliphatic rings. The summed E-state index contributed by atoms with van der Waals surface area (Å²) >= 11 is 0. The van der Waals surface area contributed by atoms with Crippen LogP contribution in [-0.4, -0.2) is 39.9 Å². The van der Waals surface area contributed by atoms with Crippen molar-refractivity contribution in [2.45, 2.75) is 38.5 Å². The van der Waals surface area contributed by atoms with E-state index < -0.39 is 35.4 Å². The maximum atomic E-state index is 13.7. The van der Waals surface area contributed by atoms with Crippen LogP contribution in [0.25, 0.3) is 0 Å². The molecule has 3 aromatic carbocycles. The van der Waals surface area contributed by atoms with Crippen molar-refractivity contribution in [1.82, 2.24) is 10.6 Å². The monoisotopic (exact) mass is 470 g/mol. The minimum absolute atomic E-state index is 0.0291. The molecule has 2 atom stereocenters. The zero-order valence-electron chi connectivity index (χ0n) is 18.8. The molecule has 6 nitrogen and oxygen atoms in total. The lowest BCUT2D eigenvalue weighted by Crippen LogP contribution is -2.48. The minimum Gasteiger partial charge on any atom is -0.504 e. The maximum Gasteiger partial charge on any atom is 0.251 e. The highest BCUT2D eigenvalue weighted by Gasteiger charge is 2.23. The summed E-state index contributed by atoms with van der Waals surface area (Å²) in [5.41, 5.74) is 2.56. The van der Waals surface area contributed by atoms with E-state index in [2.05, 4.69) is 23.6 Å². The van der Waals surface area contributed by atoms with Gasteiger partial charge in [-0.05, 0) is 59.9 Å². The summed E-state index contributed by atoms with van der Waals surface area (Å²) in [5, 5.41) is 35.8. The van der Waals surface area contributed by atoms with Gasteiger partial charge in [-0.25, -0.2) is 8.78 Å². The maximum absolute atomic E-state index is 13.7. The van der Waals surface area contributed by atoms with Gasteiger partial charge in [0.05, 0.1) is 12.1 Å². The van der Waals surface area contributed by atoms with Crippen LogP contribution in [0.15, 0.2) is 60.7 Å². The molecule has 8 heteroatoms. The summed E-state index contributed by atoms with van der Waals surface area (Å²) in [6.07, 6.45) is -0.212. The lowest BCUT2D eigenvalue weighted by Gasteiger charge is -2.25. The van der Waals surface area contributed by atoms with E-state index in [4.69, 9.17) is 0 Å². The Labute approximate surface area is 196 Å². The quantitative estimate of drug-likeness (QED) is 0.292. The van der Waals surface area contributed by atoms with Crippen molar-refractivity contribution in [1.29, 1.82) is 0 Å². The number of amides is 1. The normalized spacial score (nSPS) is 12.8. The number of phenols is 2. The fraction of sp³-hybridized carbons (Fsp3) is 0.269. The topological polar surface area (TPSA) is 102 Å². The third-order valence-electron chi connectivity index (χ3n) is 5.48. The van der Waals surface area contributed by atoms with E-state index in [0.29, 0.717) is 6.54 Å². The Morgan fingerprint density at radius 1 is 0.912 bits per heavy atom. The van der Waals surface area contributed by atoms with Gasteiger partial charge >= 0.3 is 0 Å². The molecule has 0 saturated heterocycles. The largest absolute Gasteiger partial charge is 0.504 e. The van der Waals surface area contributed by atoms with Gasteiger partial charge in [-0.3, -0.25) is 4.79 Å². The first-order valence-electron chi connectivity index (χ1n) is 11.0. The van der Waals surface area contributed by atoms with Crippen LogP contribution in [0, 0.1) is 11.6 Å². The SMILES string of the molecule is CCc1cccc(CNCC(O)C(Cc2cc(F)cc(F)c2)NC(=O)c2ccc(O)c(O)c2)c1. The van der Waals surface area contributed by atoms with E-state index in [1.807, 2.05) is 18.2 Å². The summed E-state index contributed by atoms with van der Waals surface area (Å²) < 4.78 is 27.4. The summed E-state index contributed by atoms with van der Waals surface area (Å²) in [4.78, 5) is 12.7. The lowest BCUT2D eigenvalue weighted by molar-refractivity contribution is 0.0829. The molecule has 2 unspecified atom stereocenters. The van der Waals surface area contributed by atoms with Crippen molar-refractivity contribution in [2.75, 3.05) is 6.54 Å². The Bertz CT molecular complexity index is 1120. The molecule has 0 saturated carbocycles. The predicted molar refractivity (Wildman–Crippen MR) is 125 cm³/mol. The van der Waals surface area contributed by atoms with Gasteiger partial charge in [0.1, 0.15) is 11.6 Å². The number of aliphatic hydroxyl groups is 1. The van der Waals surface area contributed by atoms with Gasteiger partial charge in [0.25, 0.3) is 5.91 Å². The second-order valence-corrected chi connectivity index (χ2v) is 8.14. The molecule has 0 radical (unpaired) electrons. The third-order valence-corrected chi connectivity index (χ3v) is 5.48. The first-order valence-corrected chi connectivity index (χ1v) is 11.0. The van der Waals surface area contributed by atoms with E-state index >= 15 is 0 Å². The molecule has 180 valence electrons. The fourth-order valence-corrected chi connectivity index (χ4v) is 3.65. The zero-order valence-corrected chi connectivity index (χ0v) is 18.8. The van der Waals surface area contributed by atoms with Crippen molar-refractivity contribution in [2.24, 2.45) is 0 Å². The van der Waals surface area contributed by atoms with Crippen molar-refractivity contribution in [3.05, 3.63) is 94.6 Å². The third kappa shape index (κ3) is 7.00. The molecule has 34 heavy (non-hydrogen) atoms. The number of aromatic hydroxyl groups is 2. The molecule has 0 bridgehead atoms.